The Balaban J connectivity index is 3.06. The quantitative estimate of drug-likeness (QED) is 0.876. The van der Waals surface area contributed by atoms with Crippen molar-refractivity contribution < 1.29 is 8.42 Å². The third kappa shape index (κ3) is 3.57. The zero-order chi connectivity index (χ0) is 11.5. The average Bonchev–Trinajstić information content (AvgIpc) is 2.15. The van der Waals surface area contributed by atoms with Crippen LogP contribution in [0.25, 0.3) is 0 Å². The fraction of sp³-hybridized carbons (Fsp3) is 0.333. The third-order valence-corrected chi connectivity index (χ3v) is 3.79. The van der Waals surface area contributed by atoms with Crippen molar-refractivity contribution in [2.24, 2.45) is 5.14 Å². The first-order valence-electron chi connectivity index (χ1n) is 4.47. The highest BCUT2D eigenvalue weighted by Gasteiger charge is 2.12. The van der Waals surface area contributed by atoms with Crippen molar-refractivity contribution in [1.29, 1.82) is 0 Å². The molecule has 0 saturated carbocycles. The number of nitrogens with two attached hydrogens (primary N) is 1. The maximum atomic E-state index is 11.2. The molecule has 0 heterocycles. The molecule has 0 aromatic heterocycles. The predicted molar refractivity (Wildman–Crippen MR) is 62.9 cm³/mol. The molecule has 0 amide bonds. The highest BCUT2D eigenvalue weighted by Crippen LogP contribution is 2.21. The highest BCUT2D eigenvalue weighted by atomic mass is 79.9. The number of hydrogen-bond acceptors (Lipinski definition) is 3. The van der Waals surface area contributed by atoms with E-state index in [1.54, 1.807) is 12.1 Å². The number of rotatable bonds is 4. The molecule has 0 aliphatic carbocycles. The summed E-state index contributed by atoms with van der Waals surface area (Å²) in [7, 11) is -3.66. The Bertz CT molecular complexity index is 445. The van der Waals surface area contributed by atoms with Gasteiger partial charge in [-0.2, -0.15) is 0 Å². The van der Waals surface area contributed by atoms with E-state index in [1.165, 1.54) is 0 Å². The highest BCUT2D eigenvalue weighted by molar-refractivity contribution is 9.10. The summed E-state index contributed by atoms with van der Waals surface area (Å²) >= 11 is 3.15. The van der Waals surface area contributed by atoms with Crippen LogP contribution in [0.3, 0.4) is 0 Å². The molecule has 6 heteroatoms. The normalized spacial score (nSPS) is 11.7. The molecule has 15 heavy (non-hydrogen) atoms. The molecule has 1 rings (SSSR count). The Morgan fingerprint density at radius 1 is 1.47 bits per heavy atom. The summed E-state index contributed by atoms with van der Waals surface area (Å²) in [4.78, 5) is 0.123. The summed E-state index contributed by atoms with van der Waals surface area (Å²) in [5.74, 6) is 0. The van der Waals surface area contributed by atoms with Crippen LogP contribution in [0.1, 0.15) is 12.5 Å². The zero-order valence-electron chi connectivity index (χ0n) is 8.33. The first-order chi connectivity index (χ1) is 6.95. The number of sulfonamides is 1. The number of primary sulfonamides is 1. The first kappa shape index (κ1) is 12.6. The molecule has 0 aliphatic rings. The Hall–Kier alpha value is -0.430. The molecule has 0 spiro atoms. The molecule has 1 aromatic carbocycles. The van der Waals surface area contributed by atoms with E-state index in [4.69, 9.17) is 5.14 Å². The molecule has 0 saturated heterocycles. The van der Waals surface area contributed by atoms with E-state index in [0.717, 1.165) is 12.1 Å². The fourth-order valence-electron chi connectivity index (χ4n) is 1.15. The second kappa shape index (κ2) is 5.07. The minimum atomic E-state index is -3.66. The van der Waals surface area contributed by atoms with E-state index in [1.807, 2.05) is 13.0 Å². The second-order valence-electron chi connectivity index (χ2n) is 3.09. The fourth-order valence-corrected chi connectivity index (χ4v) is 2.72. The maximum absolute atomic E-state index is 11.2. The summed E-state index contributed by atoms with van der Waals surface area (Å²) in [6.45, 7) is 3.45. The SMILES string of the molecule is CCNCc1ccc(Br)c(S(N)(=O)=O)c1. The van der Waals surface area contributed by atoms with Crippen LogP contribution in [-0.4, -0.2) is 15.0 Å². The van der Waals surface area contributed by atoms with Gasteiger partial charge in [0.05, 0.1) is 4.90 Å². The maximum Gasteiger partial charge on any atom is 0.239 e. The monoisotopic (exact) mass is 292 g/mol. The minimum Gasteiger partial charge on any atom is -0.313 e. The summed E-state index contributed by atoms with van der Waals surface area (Å²) in [6, 6.07) is 5.11. The van der Waals surface area contributed by atoms with Gasteiger partial charge in [0, 0.05) is 11.0 Å². The molecule has 0 atom stereocenters. The van der Waals surface area contributed by atoms with Crippen LogP contribution in [0.5, 0.6) is 0 Å². The van der Waals surface area contributed by atoms with Crippen LogP contribution >= 0.6 is 15.9 Å². The second-order valence-corrected chi connectivity index (χ2v) is 5.47. The van der Waals surface area contributed by atoms with Crippen LogP contribution in [0.15, 0.2) is 27.6 Å². The van der Waals surface area contributed by atoms with Gasteiger partial charge in [0.15, 0.2) is 0 Å². The van der Waals surface area contributed by atoms with E-state index in [9.17, 15) is 8.42 Å². The van der Waals surface area contributed by atoms with Gasteiger partial charge in [-0.15, -0.1) is 0 Å². The number of hydrogen-bond donors (Lipinski definition) is 2. The molecule has 3 N–H and O–H groups in total. The number of halogens is 1. The summed E-state index contributed by atoms with van der Waals surface area (Å²) in [5, 5.41) is 8.19. The standard InChI is InChI=1S/C9H13BrN2O2S/c1-2-12-6-7-3-4-8(10)9(5-7)15(11,13)14/h3-5,12H,2,6H2,1H3,(H2,11,13,14). The average molecular weight is 293 g/mol. The van der Waals surface area contributed by atoms with Gasteiger partial charge in [-0.1, -0.05) is 13.0 Å². The van der Waals surface area contributed by atoms with Gasteiger partial charge >= 0.3 is 0 Å². The van der Waals surface area contributed by atoms with Crippen LogP contribution in [0.4, 0.5) is 0 Å². The largest absolute Gasteiger partial charge is 0.313 e. The van der Waals surface area contributed by atoms with E-state index in [-0.39, 0.29) is 4.90 Å². The molecular formula is C9H13BrN2O2S. The summed E-state index contributed by atoms with van der Waals surface area (Å²) < 4.78 is 22.9. The van der Waals surface area contributed by atoms with Crippen molar-refractivity contribution in [2.45, 2.75) is 18.4 Å². The van der Waals surface area contributed by atoms with Gasteiger partial charge in [0.2, 0.25) is 10.0 Å². The zero-order valence-corrected chi connectivity index (χ0v) is 10.7. The molecule has 4 nitrogen and oxygen atoms in total. The lowest BCUT2D eigenvalue weighted by Crippen LogP contribution is -2.15. The molecule has 0 radical (unpaired) electrons. The number of benzene rings is 1. The lowest BCUT2D eigenvalue weighted by molar-refractivity contribution is 0.597. The topological polar surface area (TPSA) is 72.2 Å². The van der Waals surface area contributed by atoms with Gasteiger partial charge in [-0.3, -0.25) is 0 Å². The Labute approximate surface area is 98.0 Å². The molecular weight excluding hydrogens is 280 g/mol. The van der Waals surface area contributed by atoms with Crippen molar-refractivity contribution in [2.75, 3.05) is 6.54 Å². The molecule has 84 valence electrons. The van der Waals surface area contributed by atoms with Gasteiger partial charge < -0.3 is 5.32 Å². The van der Waals surface area contributed by atoms with Crippen LogP contribution in [0.2, 0.25) is 0 Å². The molecule has 0 bridgehead atoms. The lowest BCUT2D eigenvalue weighted by Gasteiger charge is -2.06. The Morgan fingerprint density at radius 3 is 2.67 bits per heavy atom. The minimum absolute atomic E-state index is 0.123. The first-order valence-corrected chi connectivity index (χ1v) is 6.81. The van der Waals surface area contributed by atoms with Crippen molar-refractivity contribution in [3.05, 3.63) is 28.2 Å². The van der Waals surface area contributed by atoms with Crippen LogP contribution in [-0.2, 0) is 16.6 Å². The van der Waals surface area contributed by atoms with E-state index in [0.29, 0.717) is 11.0 Å². The van der Waals surface area contributed by atoms with Crippen molar-refractivity contribution in [3.8, 4) is 0 Å². The van der Waals surface area contributed by atoms with Crippen LogP contribution in [0, 0.1) is 0 Å². The predicted octanol–water partition coefficient (Wildman–Crippen LogP) is 1.21. The molecule has 0 unspecified atom stereocenters. The molecule has 1 aromatic rings. The van der Waals surface area contributed by atoms with Crippen LogP contribution < -0.4 is 10.5 Å². The van der Waals surface area contributed by atoms with Crippen molar-refractivity contribution in [3.63, 3.8) is 0 Å². The van der Waals surface area contributed by atoms with Gasteiger partial charge in [0.25, 0.3) is 0 Å². The van der Waals surface area contributed by atoms with Gasteiger partial charge in [-0.25, -0.2) is 13.6 Å². The van der Waals surface area contributed by atoms with E-state index in [2.05, 4.69) is 21.2 Å². The van der Waals surface area contributed by atoms with Crippen molar-refractivity contribution in [1.82, 2.24) is 5.32 Å². The third-order valence-electron chi connectivity index (χ3n) is 1.88. The lowest BCUT2D eigenvalue weighted by atomic mass is 10.2. The molecule has 0 fully saturated rings. The van der Waals surface area contributed by atoms with Gasteiger partial charge in [0.1, 0.15) is 0 Å². The van der Waals surface area contributed by atoms with E-state index < -0.39 is 10.0 Å². The van der Waals surface area contributed by atoms with Crippen molar-refractivity contribution >= 4 is 26.0 Å². The van der Waals surface area contributed by atoms with E-state index >= 15 is 0 Å². The Morgan fingerprint density at radius 2 is 2.13 bits per heavy atom. The number of nitrogens with one attached hydrogen (secondary N) is 1. The Kier molecular flexibility index (Phi) is 4.27. The summed E-state index contributed by atoms with van der Waals surface area (Å²) in [6.07, 6.45) is 0. The molecule has 0 aliphatic heterocycles. The smallest absolute Gasteiger partial charge is 0.239 e. The van der Waals surface area contributed by atoms with Gasteiger partial charge in [-0.05, 0) is 40.2 Å². The summed E-state index contributed by atoms with van der Waals surface area (Å²) in [5.41, 5.74) is 0.893.